The molecule has 6 nitrogen and oxygen atoms in total. The minimum atomic E-state index is -0.168. The molecule has 4 aromatic rings. The van der Waals surface area contributed by atoms with Gasteiger partial charge in [0, 0.05) is 4.88 Å². The Morgan fingerprint density at radius 1 is 1.21 bits per heavy atom. The van der Waals surface area contributed by atoms with E-state index in [1.807, 2.05) is 19.9 Å². The Labute approximate surface area is 140 Å². The van der Waals surface area contributed by atoms with Crippen molar-refractivity contribution >= 4 is 32.5 Å². The smallest absolute Gasteiger partial charge is 0.261 e. The maximum absolute atomic E-state index is 12.5. The Kier molecular flexibility index (Phi) is 3.31. The molecule has 0 unspecified atom stereocenters. The van der Waals surface area contributed by atoms with Gasteiger partial charge in [0.25, 0.3) is 11.1 Å². The quantitative estimate of drug-likeness (QED) is 0.608. The molecule has 4 rings (SSSR count). The van der Waals surface area contributed by atoms with E-state index < -0.39 is 0 Å². The molecule has 7 heteroatoms. The van der Waals surface area contributed by atoms with Crippen LogP contribution in [0.3, 0.4) is 0 Å². The first-order valence-electron chi connectivity index (χ1n) is 7.47. The Morgan fingerprint density at radius 3 is 2.83 bits per heavy atom. The summed E-state index contributed by atoms with van der Waals surface area (Å²) in [4.78, 5) is 38.2. The second kappa shape index (κ2) is 5.38. The number of para-hydroxylation sites is 1. The monoisotopic (exact) mass is 338 g/mol. The first kappa shape index (κ1) is 14.8. The van der Waals surface area contributed by atoms with E-state index >= 15 is 0 Å². The molecule has 0 aliphatic heterocycles. The Morgan fingerprint density at radius 2 is 2.00 bits per heavy atom. The fourth-order valence-corrected chi connectivity index (χ4v) is 3.80. The highest BCUT2D eigenvalue weighted by Gasteiger charge is 2.12. The number of hydrogen-bond donors (Lipinski definition) is 1. The molecule has 1 N–H and O–H groups in total. The molecule has 1 aromatic carbocycles. The van der Waals surface area contributed by atoms with E-state index in [1.165, 1.54) is 22.2 Å². The number of aromatic amines is 1. The van der Waals surface area contributed by atoms with Gasteiger partial charge in [-0.15, -0.1) is 11.3 Å². The molecule has 120 valence electrons. The number of thiophene rings is 1. The van der Waals surface area contributed by atoms with Crippen LogP contribution in [0.4, 0.5) is 0 Å². The first-order chi connectivity index (χ1) is 11.5. The summed E-state index contributed by atoms with van der Waals surface area (Å²) in [7, 11) is 0. The molecule has 0 aliphatic carbocycles. The van der Waals surface area contributed by atoms with Crippen molar-refractivity contribution in [2.75, 3.05) is 0 Å². The van der Waals surface area contributed by atoms with Crippen LogP contribution in [-0.2, 0) is 6.54 Å². The number of H-pyrrole nitrogens is 1. The summed E-state index contributed by atoms with van der Waals surface area (Å²) in [5.74, 6) is 0.452. The fraction of sp³-hybridized carbons (Fsp3) is 0.176. The maximum atomic E-state index is 12.5. The number of benzene rings is 1. The lowest BCUT2D eigenvalue weighted by atomic mass is 10.2. The van der Waals surface area contributed by atoms with E-state index in [4.69, 9.17) is 0 Å². The Hall–Kier alpha value is -2.80. The van der Waals surface area contributed by atoms with Crippen LogP contribution < -0.4 is 11.1 Å². The molecule has 0 fully saturated rings. The standard InChI is InChI=1S/C17H14N4O2S/c1-9-10(2)24-16-14(9)15(22)19-13(20-16)7-21-8-18-12-6-4-3-5-11(12)17(21)23/h3-6,8H,7H2,1-2H3,(H,19,20,22). The highest BCUT2D eigenvalue weighted by atomic mass is 32.1. The van der Waals surface area contributed by atoms with Crippen LogP contribution >= 0.6 is 11.3 Å². The minimum absolute atomic E-state index is 0.151. The van der Waals surface area contributed by atoms with Gasteiger partial charge in [0.05, 0.1) is 29.2 Å². The zero-order valence-electron chi connectivity index (χ0n) is 13.2. The van der Waals surface area contributed by atoms with E-state index in [0.717, 1.165) is 10.4 Å². The van der Waals surface area contributed by atoms with Gasteiger partial charge in [-0.3, -0.25) is 14.2 Å². The van der Waals surface area contributed by atoms with Gasteiger partial charge in [0.2, 0.25) is 0 Å². The van der Waals surface area contributed by atoms with Crippen molar-refractivity contribution in [1.29, 1.82) is 0 Å². The molecule has 3 heterocycles. The highest BCUT2D eigenvalue weighted by molar-refractivity contribution is 7.18. The highest BCUT2D eigenvalue weighted by Crippen LogP contribution is 2.25. The summed E-state index contributed by atoms with van der Waals surface area (Å²) in [6.07, 6.45) is 1.49. The van der Waals surface area contributed by atoms with Crippen LogP contribution in [0.25, 0.3) is 21.1 Å². The molecular formula is C17H14N4O2S. The molecular weight excluding hydrogens is 324 g/mol. The molecule has 0 spiro atoms. The summed E-state index contributed by atoms with van der Waals surface area (Å²) in [5.41, 5.74) is 1.29. The van der Waals surface area contributed by atoms with Crippen LogP contribution in [0.15, 0.2) is 40.2 Å². The average molecular weight is 338 g/mol. The van der Waals surface area contributed by atoms with Crippen LogP contribution in [-0.4, -0.2) is 19.5 Å². The van der Waals surface area contributed by atoms with Crippen molar-refractivity contribution in [2.45, 2.75) is 20.4 Å². The predicted octanol–water partition coefficient (Wildman–Crippen LogP) is 2.36. The van der Waals surface area contributed by atoms with Crippen LogP contribution in [0.5, 0.6) is 0 Å². The summed E-state index contributed by atoms with van der Waals surface area (Å²) >= 11 is 1.49. The van der Waals surface area contributed by atoms with Crippen molar-refractivity contribution in [3.8, 4) is 0 Å². The lowest BCUT2D eigenvalue weighted by molar-refractivity contribution is 0.708. The van der Waals surface area contributed by atoms with Crippen molar-refractivity contribution in [1.82, 2.24) is 19.5 Å². The van der Waals surface area contributed by atoms with E-state index in [-0.39, 0.29) is 17.7 Å². The third-order valence-corrected chi connectivity index (χ3v) is 5.24. The van der Waals surface area contributed by atoms with Gasteiger partial charge < -0.3 is 4.98 Å². The topological polar surface area (TPSA) is 80.6 Å². The van der Waals surface area contributed by atoms with Gasteiger partial charge in [-0.1, -0.05) is 12.1 Å². The number of aromatic nitrogens is 4. The van der Waals surface area contributed by atoms with Crippen LogP contribution in [0, 0.1) is 13.8 Å². The number of nitrogens with zero attached hydrogens (tertiary/aromatic N) is 3. The summed E-state index contributed by atoms with van der Waals surface area (Å²) < 4.78 is 1.46. The van der Waals surface area contributed by atoms with Crippen molar-refractivity contribution < 1.29 is 0 Å². The summed E-state index contributed by atoms with van der Waals surface area (Å²) in [6, 6.07) is 7.18. The van der Waals surface area contributed by atoms with Crippen molar-refractivity contribution in [3.05, 3.63) is 67.6 Å². The molecule has 0 bridgehead atoms. The molecule has 0 amide bonds. The molecule has 0 aliphatic rings. The van der Waals surface area contributed by atoms with Gasteiger partial charge >= 0.3 is 0 Å². The number of hydrogen-bond acceptors (Lipinski definition) is 5. The largest absolute Gasteiger partial charge is 0.308 e. The van der Waals surface area contributed by atoms with Gasteiger partial charge in [-0.25, -0.2) is 9.97 Å². The number of nitrogens with one attached hydrogen (secondary N) is 1. The van der Waals surface area contributed by atoms with E-state index in [0.29, 0.717) is 26.9 Å². The van der Waals surface area contributed by atoms with Crippen molar-refractivity contribution in [3.63, 3.8) is 0 Å². The van der Waals surface area contributed by atoms with Crippen LogP contribution in [0.2, 0.25) is 0 Å². The molecule has 0 radical (unpaired) electrons. The second-order valence-electron chi connectivity index (χ2n) is 5.67. The zero-order valence-corrected chi connectivity index (χ0v) is 14.0. The first-order valence-corrected chi connectivity index (χ1v) is 8.29. The normalized spacial score (nSPS) is 11.4. The summed E-state index contributed by atoms with van der Waals surface area (Å²) in [5, 5.41) is 1.18. The van der Waals surface area contributed by atoms with Gasteiger partial charge in [-0.2, -0.15) is 0 Å². The van der Waals surface area contributed by atoms with E-state index in [9.17, 15) is 9.59 Å². The number of aryl methyl sites for hydroxylation is 2. The third kappa shape index (κ3) is 2.25. The van der Waals surface area contributed by atoms with Crippen LogP contribution in [0.1, 0.15) is 16.3 Å². The molecule has 0 saturated carbocycles. The van der Waals surface area contributed by atoms with E-state index in [2.05, 4.69) is 15.0 Å². The lowest BCUT2D eigenvalue weighted by Crippen LogP contribution is -2.23. The molecule has 3 aromatic heterocycles. The van der Waals surface area contributed by atoms with Gasteiger partial charge in [0.15, 0.2) is 0 Å². The molecule has 0 saturated heterocycles. The average Bonchev–Trinajstić information content (AvgIpc) is 2.85. The second-order valence-corrected chi connectivity index (χ2v) is 6.87. The lowest BCUT2D eigenvalue weighted by Gasteiger charge is -2.06. The minimum Gasteiger partial charge on any atom is -0.308 e. The third-order valence-electron chi connectivity index (χ3n) is 4.14. The SMILES string of the molecule is Cc1sc2nc(Cn3cnc4ccccc4c3=O)[nH]c(=O)c2c1C. The summed E-state index contributed by atoms with van der Waals surface area (Å²) in [6.45, 7) is 4.07. The maximum Gasteiger partial charge on any atom is 0.261 e. The zero-order chi connectivity index (χ0) is 16.8. The molecule has 24 heavy (non-hydrogen) atoms. The van der Waals surface area contributed by atoms with Gasteiger partial charge in [-0.05, 0) is 31.5 Å². The number of fused-ring (bicyclic) bond motifs is 2. The number of rotatable bonds is 2. The van der Waals surface area contributed by atoms with Gasteiger partial charge in [0.1, 0.15) is 10.7 Å². The predicted molar refractivity (Wildman–Crippen MR) is 94.8 cm³/mol. The van der Waals surface area contributed by atoms with E-state index in [1.54, 1.807) is 18.2 Å². The van der Waals surface area contributed by atoms with Crippen molar-refractivity contribution in [2.24, 2.45) is 0 Å². The Bertz CT molecular complexity index is 1200. The molecule has 0 atom stereocenters. The fourth-order valence-electron chi connectivity index (χ4n) is 2.75. The Balaban J connectivity index is 1.84.